The van der Waals surface area contributed by atoms with Crippen LogP contribution in [0.25, 0.3) is 21.1 Å². The van der Waals surface area contributed by atoms with E-state index in [0.717, 1.165) is 60.1 Å². The van der Waals surface area contributed by atoms with Gasteiger partial charge in [0.15, 0.2) is 5.13 Å². The van der Waals surface area contributed by atoms with Crippen LogP contribution >= 0.6 is 22.9 Å². The molecule has 5 rings (SSSR count). The molecule has 3 heterocycles. The first-order chi connectivity index (χ1) is 17.9. The van der Waals surface area contributed by atoms with Gasteiger partial charge in [-0.1, -0.05) is 29.0 Å². The number of aromatic nitrogens is 2. The predicted molar refractivity (Wildman–Crippen MR) is 149 cm³/mol. The fourth-order valence-corrected chi connectivity index (χ4v) is 6.52. The van der Waals surface area contributed by atoms with Crippen LogP contribution in [-0.4, -0.2) is 47.2 Å². The number of nitrogens with zero attached hydrogens (tertiary/aromatic N) is 3. The Balaban J connectivity index is 1.27. The van der Waals surface area contributed by atoms with E-state index < -0.39 is 0 Å². The Morgan fingerprint density at radius 1 is 1.27 bits per heavy atom. The van der Waals surface area contributed by atoms with Crippen LogP contribution in [0.5, 0.6) is 0 Å². The van der Waals surface area contributed by atoms with Gasteiger partial charge in [0, 0.05) is 56.8 Å². The van der Waals surface area contributed by atoms with Crippen molar-refractivity contribution in [3.63, 3.8) is 0 Å². The topological polar surface area (TPSA) is 73.4 Å². The number of anilines is 1. The normalized spacial score (nSPS) is 16.2. The number of rotatable bonds is 9. The fraction of sp³-hybridized carbons (Fsp3) is 0.429. The van der Waals surface area contributed by atoms with Crippen LogP contribution in [0.2, 0.25) is 5.02 Å². The monoisotopic (exact) mass is 542 g/mol. The van der Waals surface area contributed by atoms with Crippen LogP contribution < -0.4 is 5.73 Å². The third-order valence-electron chi connectivity index (χ3n) is 7.24. The molecule has 2 aromatic carbocycles. The molecule has 1 aliphatic heterocycles. The van der Waals surface area contributed by atoms with Crippen molar-refractivity contribution < 1.29 is 13.9 Å². The van der Waals surface area contributed by atoms with Gasteiger partial charge in [-0.15, -0.1) is 0 Å². The summed E-state index contributed by atoms with van der Waals surface area (Å²) in [6.07, 6.45) is 4.82. The molecule has 1 fully saturated rings. The molecule has 0 bridgehead atoms. The van der Waals surface area contributed by atoms with Crippen molar-refractivity contribution in [3.8, 4) is 0 Å². The van der Waals surface area contributed by atoms with Gasteiger partial charge in [0.1, 0.15) is 5.82 Å². The highest BCUT2D eigenvalue weighted by Crippen LogP contribution is 2.36. The number of likely N-dealkylation sites (tertiary alicyclic amines) is 1. The van der Waals surface area contributed by atoms with Crippen LogP contribution in [0, 0.1) is 5.82 Å². The lowest BCUT2D eigenvalue weighted by atomic mass is 9.94. The second-order valence-corrected chi connectivity index (χ2v) is 11.2. The smallest absolute Gasteiger partial charge is 0.222 e. The molecule has 2 aromatic heterocycles. The summed E-state index contributed by atoms with van der Waals surface area (Å²) in [7, 11) is 1.68. The molecule has 1 aliphatic rings. The predicted octanol–water partition coefficient (Wildman–Crippen LogP) is 6.39. The van der Waals surface area contributed by atoms with Gasteiger partial charge in [-0.25, -0.2) is 9.37 Å². The first-order valence-corrected chi connectivity index (χ1v) is 14.0. The molecular formula is C28H32ClFN4O2S. The standard InChI is InChI=1S/C28H32ClFN4O2S/c1-36-14-4-13-34-24(16-20-22(30)10-9-21(29)27(20)34)19-6-3-12-33(17-19)26(35)7-2-5-18-8-11-23-25(15-18)37-28(31)32-23/h8-11,15-16,19H,2-7,12-14,17H2,1H3,(H2,31,32). The third-order valence-corrected chi connectivity index (χ3v) is 8.39. The highest BCUT2D eigenvalue weighted by molar-refractivity contribution is 7.22. The van der Waals surface area contributed by atoms with Crippen LogP contribution in [0.15, 0.2) is 36.4 Å². The molecule has 1 amide bonds. The Bertz CT molecular complexity index is 1420. The molecule has 6 nitrogen and oxygen atoms in total. The minimum atomic E-state index is -0.269. The lowest BCUT2D eigenvalue weighted by Gasteiger charge is -2.33. The van der Waals surface area contributed by atoms with Crippen LogP contribution in [0.1, 0.15) is 49.3 Å². The molecule has 9 heteroatoms. The number of hydrogen-bond acceptors (Lipinski definition) is 5. The van der Waals surface area contributed by atoms with Gasteiger partial charge in [0.2, 0.25) is 5.91 Å². The van der Waals surface area contributed by atoms with Crippen molar-refractivity contribution in [3.05, 3.63) is 58.5 Å². The fourth-order valence-electron chi connectivity index (χ4n) is 5.46. The van der Waals surface area contributed by atoms with Gasteiger partial charge in [0.05, 0.1) is 20.8 Å². The van der Waals surface area contributed by atoms with Gasteiger partial charge >= 0.3 is 0 Å². The SMILES string of the molecule is COCCCn1c(C2CCCN(C(=O)CCCc3ccc4nc(N)sc4c3)C2)cc2c(F)ccc(Cl)c21. The van der Waals surface area contributed by atoms with Crippen molar-refractivity contribution >= 4 is 55.1 Å². The van der Waals surface area contributed by atoms with Crippen molar-refractivity contribution in [1.82, 2.24) is 14.5 Å². The number of methoxy groups -OCH3 is 1. The number of amides is 1. The quantitative estimate of drug-likeness (QED) is 0.249. The molecule has 0 radical (unpaired) electrons. The maximum Gasteiger partial charge on any atom is 0.222 e. The van der Waals surface area contributed by atoms with E-state index in [4.69, 9.17) is 22.1 Å². The number of carbonyl (C=O) groups is 1. The second-order valence-electron chi connectivity index (χ2n) is 9.75. The molecule has 1 unspecified atom stereocenters. The lowest BCUT2D eigenvalue weighted by Crippen LogP contribution is -2.39. The molecule has 0 aliphatic carbocycles. The van der Waals surface area contributed by atoms with Crippen LogP contribution in [-0.2, 0) is 22.5 Å². The Kier molecular flexibility index (Phi) is 7.98. The molecule has 37 heavy (non-hydrogen) atoms. The highest BCUT2D eigenvalue weighted by Gasteiger charge is 2.28. The van der Waals surface area contributed by atoms with E-state index in [1.165, 1.54) is 23.0 Å². The number of carbonyl (C=O) groups excluding carboxylic acids is 1. The number of fused-ring (bicyclic) bond motifs is 2. The summed E-state index contributed by atoms with van der Waals surface area (Å²) in [5, 5.41) is 1.66. The number of nitrogens with two attached hydrogens (primary N) is 1. The summed E-state index contributed by atoms with van der Waals surface area (Å²) in [6, 6.07) is 11.2. The first kappa shape index (κ1) is 25.9. The largest absolute Gasteiger partial charge is 0.385 e. The summed E-state index contributed by atoms with van der Waals surface area (Å²) in [5.74, 6) is 0.0514. The number of nitrogen functional groups attached to an aromatic ring is 1. The molecule has 1 saturated heterocycles. The Morgan fingerprint density at radius 3 is 2.97 bits per heavy atom. The van der Waals surface area contributed by atoms with Crippen LogP contribution in [0.4, 0.5) is 9.52 Å². The maximum absolute atomic E-state index is 14.7. The van der Waals surface area contributed by atoms with E-state index in [2.05, 4.69) is 21.7 Å². The van der Waals surface area contributed by atoms with E-state index in [9.17, 15) is 9.18 Å². The number of halogens is 2. The summed E-state index contributed by atoms with van der Waals surface area (Å²) in [4.78, 5) is 19.4. The number of thiazole rings is 1. The van der Waals surface area contributed by atoms with E-state index in [1.807, 2.05) is 17.0 Å². The Morgan fingerprint density at radius 2 is 2.14 bits per heavy atom. The molecule has 0 saturated carbocycles. The number of hydrogen-bond donors (Lipinski definition) is 1. The van der Waals surface area contributed by atoms with Gasteiger partial charge in [-0.3, -0.25) is 4.79 Å². The average Bonchev–Trinajstić information content (AvgIpc) is 3.47. The zero-order chi connectivity index (χ0) is 25.9. The van der Waals surface area contributed by atoms with Gasteiger partial charge in [-0.2, -0.15) is 0 Å². The van der Waals surface area contributed by atoms with E-state index in [-0.39, 0.29) is 17.6 Å². The zero-order valence-electron chi connectivity index (χ0n) is 21.0. The van der Waals surface area contributed by atoms with Crippen molar-refractivity contribution in [2.24, 2.45) is 0 Å². The first-order valence-electron chi connectivity index (χ1n) is 12.8. The van der Waals surface area contributed by atoms with E-state index in [1.54, 1.807) is 13.2 Å². The molecule has 1 atom stereocenters. The number of benzene rings is 2. The van der Waals surface area contributed by atoms with Crippen molar-refractivity contribution in [2.45, 2.75) is 51.0 Å². The lowest BCUT2D eigenvalue weighted by molar-refractivity contribution is -0.132. The molecule has 0 spiro atoms. The average molecular weight is 543 g/mol. The minimum Gasteiger partial charge on any atom is -0.385 e. The Labute approximate surface area is 225 Å². The van der Waals surface area contributed by atoms with E-state index in [0.29, 0.717) is 41.7 Å². The summed E-state index contributed by atoms with van der Waals surface area (Å²) < 4.78 is 23.2. The second kappa shape index (κ2) is 11.4. The van der Waals surface area contributed by atoms with E-state index >= 15 is 0 Å². The number of aryl methyl sites for hydroxylation is 2. The van der Waals surface area contributed by atoms with Crippen molar-refractivity contribution in [1.29, 1.82) is 0 Å². The van der Waals surface area contributed by atoms with Gasteiger partial charge in [-0.05, 0) is 68.0 Å². The summed E-state index contributed by atoms with van der Waals surface area (Å²) in [6.45, 7) is 2.71. The highest BCUT2D eigenvalue weighted by atomic mass is 35.5. The van der Waals surface area contributed by atoms with Crippen molar-refractivity contribution in [2.75, 3.05) is 32.5 Å². The van der Waals surface area contributed by atoms with Crippen LogP contribution in [0.3, 0.4) is 0 Å². The zero-order valence-corrected chi connectivity index (χ0v) is 22.6. The third kappa shape index (κ3) is 5.61. The number of piperidine rings is 1. The number of ether oxygens (including phenoxy) is 1. The van der Waals surface area contributed by atoms with Gasteiger partial charge < -0.3 is 19.9 Å². The maximum atomic E-state index is 14.7. The molecular weight excluding hydrogens is 511 g/mol. The summed E-state index contributed by atoms with van der Waals surface area (Å²) >= 11 is 8.02. The summed E-state index contributed by atoms with van der Waals surface area (Å²) in [5.41, 5.74) is 9.71. The molecule has 2 N–H and O–H groups in total. The Hall–Kier alpha value is -2.68. The minimum absolute atomic E-state index is 0.141. The van der Waals surface area contributed by atoms with Gasteiger partial charge in [0.25, 0.3) is 0 Å². The molecule has 196 valence electrons. The molecule has 4 aromatic rings.